The van der Waals surface area contributed by atoms with Gasteiger partial charge in [0, 0.05) is 24.4 Å². The highest BCUT2D eigenvalue weighted by atomic mass is 14.9. The number of nitrogens with zero attached hydrogens (tertiary/aromatic N) is 1. The fourth-order valence-electron chi connectivity index (χ4n) is 1.24. The van der Waals surface area contributed by atoms with Gasteiger partial charge in [-0.05, 0) is 12.8 Å². The maximum absolute atomic E-state index is 5.60. The molecule has 54 valence electrons. The molecule has 1 heterocycles. The smallest absolute Gasteiger partial charge is 0.113 e. The molecule has 0 atom stereocenters. The van der Waals surface area contributed by atoms with Crippen molar-refractivity contribution in [1.29, 1.82) is 0 Å². The maximum Gasteiger partial charge on any atom is 0.113 e. The van der Waals surface area contributed by atoms with Crippen molar-refractivity contribution in [3.05, 3.63) is 18.2 Å². The molecule has 1 aromatic heterocycles. The van der Waals surface area contributed by atoms with Crippen LogP contribution in [-0.4, -0.2) is 16.5 Å². The zero-order chi connectivity index (χ0) is 7.03. The minimum absolute atomic E-state index is 0.226. The first kappa shape index (κ1) is 5.92. The third-order valence-corrected chi connectivity index (χ3v) is 2.24. The molecular weight excluding hydrogens is 126 g/mol. The quantitative estimate of drug-likeness (QED) is 0.620. The molecule has 1 aliphatic rings. The van der Waals surface area contributed by atoms with Gasteiger partial charge >= 0.3 is 0 Å². The molecule has 1 aromatic rings. The number of hydrogen-bond acceptors (Lipinski definition) is 2. The van der Waals surface area contributed by atoms with Gasteiger partial charge in [-0.15, -0.1) is 0 Å². The largest absolute Gasteiger partial charge is 0.348 e. The molecule has 0 radical (unpaired) electrons. The molecule has 0 saturated heterocycles. The lowest BCUT2D eigenvalue weighted by atomic mass is 10.1. The van der Waals surface area contributed by atoms with Crippen molar-refractivity contribution in [2.24, 2.45) is 5.73 Å². The second-order valence-corrected chi connectivity index (χ2v) is 2.92. The van der Waals surface area contributed by atoms with Gasteiger partial charge in [-0.3, -0.25) is 0 Å². The first-order valence-corrected chi connectivity index (χ1v) is 3.57. The molecule has 0 aliphatic heterocycles. The Morgan fingerprint density at radius 3 is 2.90 bits per heavy atom. The molecule has 0 aromatic carbocycles. The molecule has 0 amide bonds. The van der Waals surface area contributed by atoms with Gasteiger partial charge in [-0.1, -0.05) is 0 Å². The van der Waals surface area contributed by atoms with Gasteiger partial charge in [0.1, 0.15) is 5.82 Å². The van der Waals surface area contributed by atoms with E-state index < -0.39 is 0 Å². The summed E-state index contributed by atoms with van der Waals surface area (Å²) in [5.74, 6) is 1.06. The molecular formula is C7H11N3. The average Bonchev–Trinajstić information content (AvgIpc) is 2.58. The van der Waals surface area contributed by atoms with Crippen molar-refractivity contribution < 1.29 is 0 Å². The highest BCUT2D eigenvalue weighted by molar-refractivity contribution is 5.18. The van der Waals surface area contributed by atoms with E-state index in [0.717, 1.165) is 12.4 Å². The Morgan fingerprint density at radius 2 is 2.50 bits per heavy atom. The van der Waals surface area contributed by atoms with Crippen molar-refractivity contribution in [1.82, 2.24) is 9.97 Å². The normalized spacial score (nSPS) is 20.9. The summed E-state index contributed by atoms with van der Waals surface area (Å²) in [6.45, 7) is 0.723. The van der Waals surface area contributed by atoms with Crippen LogP contribution >= 0.6 is 0 Å². The molecule has 1 aliphatic carbocycles. The van der Waals surface area contributed by atoms with Crippen LogP contribution in [0.15, 0.2) is 12.4 Å². The van der Waals surface area contributed by atoms with Crippen LogP contribution in [0.2, 0.25) is 0 Å². The molecule has 0 unspecified atom stereocenters. The summed E-state index contributed by atoms with van der Waals surface area (Å²) in [7, 11) is 0. The Balaban J connectivity index is 2.27. The molecule has 3 N–H and O–H groups in total. The summed E-state index contributed by atoms with van der Waals surface area (Å²) in [6, 6.07) is 0. The van der Waals surface area contributed by atoms with Crippen molar-refractivity contribution in [2.45, 2.75) is 18.3 Å². The van der Waals surface area contributed by atoms with Crippen LogP contribution in [0, 0.1) is 0 Å². The second kappa shape index (κ2) is 1.83. The number of H-pyrrole nitrogens is 1. The predicted molar refractivity (Wildman–Crippen MR) is 38.6 cm³/mol. The van der Waals surface area contributed by atoms with E-state index in [1.54, 1.807) is 6.20 Å². The SMILES string of the molecule is NCC1(c2ncc[nH]2)CC1. The predicted octanol–water partition coefficient (Wildman–Crippen LogP) is 0.400. The Kier molecular flexibility index (Phi) is 1.08. The van der Waals surface area contributed by atoms with Crippen LogP contribution in [0.25, 0.3) is 0 Å². The third-order valence-electron chi connectivity index (χ3n) is 2.24. The number of imidazole rings is 1. The summed E-state index contributed by atoms with van der Waals surface area (Å²) in [5, 5.41) is 0. The van der Waals surface area contributed by atoms with Gasteiger partial charge in [0.25, 0.3) is 0 Å². The van der Waals surface area contributed by atoms with E-state index in [1.807, 2.05) is 6.20 Å². The van der Waals surface area contributed by atoms with E-state index >= 15 is 0 Å². The van der Waals surface area contributed by atoms with Crippen LogP contribution in [0.5, 0.6) is 0 Å². The van der Waals surface area contributed by atoms with Gasteiger partial charge in [0.2, 0.25) is 0 Å². The standard InChI is InChI=1S/C7H11N3/c8-5-7(1-2-7)6-9-3-4-10-6/h3-4H,1-2,5,8H2,(H,9,10). The minimum Gasteiger partial charge on any atom is -0.348 e. The van der Waals surface area contributed by atoms with E-state index in [2.05, 4.69) is 9.97 Å². The number of aromatic nitrogens is 2. The molecule has 10 heavy (non-hydrogen) atoms. The van der Waals surface area contributed by atoms with Crippen LogP contribution in [0.3, 0.4) is 0 Å². The fourth-order valence-corrected chi connectivity index (χ4v) is 1.24. The van der Waals surface area contributed by atoms with E-state index in [9.17, 15) is 0 Å². The highest BCUT2D eigenvalue weighted by Gasteiger charge is 2.45. The minimum atomic E-state index is 0.226. The zero-order valence-electron chi connectivity index (χ0n) is 5.80. The van der Waals surface area contributed by atoms with E-state index in [4.69, 9.17) is 5.73 Å². The number of nitrogens with one attached hydrogen (secondary N) is 1. The lowest BCUT2D eigenvalue weighted by Gasteiger charge is -2.06. The first-order valence-electron chi connectivity index (χ1n) is 3.57. The monoisotopic (exact) mass is 137 g/mol. The zero-order valence-corrected chi connectivity index (χ0v) is 5.80. The summed E-state index contributed by atoms with van der Waals surface area (Å²) >= 11 is 0. The first-order chi connectivity index (χ1) is 4.87. The lowest BCUT2D eigenvalue weighted by Crippen LogP contribution is -2.20. The van der Waals surface area contributed by atoms with Gasteiger partial charge < -0.3 is 10.7 Å². The van der Waals surface area contributed by atoms with Gasteiger partial charge in [-0.2, -0.15) is 0 Å². The molecule has 1 fully saturated rings. The highest BCUT2D eigenvalue weighted by Crippen LogP contribution is 2.45. The van der Waals surface area contributed by atoms with Crippen LogP contribution in [0.4, 0.5) is 0 Å². The van der Waals surface area contributed by atoms with Crippen molar-refractivity contribution in [3.8, 4) is 0 Å². The van der Waals surface area contributed by atoms with Crippen molar-refractivity contribution in [2.75, 3.05) is 6.54 Å². The molecule has 2 rings (SSSR count). The lowest BCUT2D eigenvalue weighted by molar-refractivity contribution is 0.659. The summed E-state index contributed by atoms with van der Waals surface area (Å²) in [6.07, 6.45) is 6.02. The Bertz CT molecular complexity index is 211. The number of hydrogen-bond donors (Lipinski definition) is 2. The summed E-state index contributed by atoms with van der Waals surface area (Å²) in [4.78, 5) is 7.29. The second-order valence-electron chi connectivity index (χ2n) is 2.92. The van der Waals surface area contributed by atoms with E-state index in [0.29, 0.717) is 0 Å². The van der Waals surface area contributed by atoms with Crippen molar-refractivity contribution >= 4 is 0 Å². The molecule has 1 saturated carbocycles. The average molecular weight is 137 g/mol. The number of rotatable bonds is 2. The van der Waals surface area contributed by atoms with Gasteiger partial charge in [0.05, 0.1) is 0 Å². The molecule has 0 bridgehead atoms. The molecule has 0 spiro atoms. The van der Waals surface area contributed by atoms with Crippen LogP contribution in [-0.2, 0) is 5.41 Å². The van der Waals surface area contributed by atoms with Crippen LogP contribution in [0.1, 0.15) is 18.7 Å². The fraction of sp³-hybridized carbons (Fsp3) is 0.571. The van der Waals surface area contributed by atoms with E-state index in [1.165, 1.54) is 12.8 Å². The van der Waals surface area contributed by atoms with Gasteiger partial charge in [0.15, 0.2) is 0 Å². The third kappa shape index (κ3) is 0.671. The Labute approximate surface area is 59.7 Å². The number of aromatic amines is 1. The molecule has 3 heteroatoms. The van der Waals surface area contributed by atoms with Crippen molar-refractivity contribution in [3.63, 3.8) is 0 Å². The summed E-state index contributed by atoms with van der Waals surface area (Å²) in [5.41, 5.74) is 5.83. The topological polar surface area (TPSA) is 54.7 Å². The summed E-state index contributed by atoms with van der Waals surface area (Å²) < 4.78 is 0. The van der Waals surface area contributed by atoms with Gasteiger partial charge in [-0.25, -0.2) is 4.98 Å². The Hall–Kier alpha value is -0.830. The maximum atomic E-state index is 5.60. The van der Waals surface area contributed by atoms with E-state index in [-0.39, 0.29) is 5.41 Å². The molecule has 3 nitrogen and oxygen atoms in total. The Morgan fingerprint density at radius 1 is 1.70 bits per heavy atom. The number of nitrogens with two attached hydrogens (primary N) is 1. The van der Waals surface area contributed by atoms with Crippen LogP contribution < -0.4 is 5.73 Å².